The molecule has 0 aliphatic carbocycles. The summed E-state index contributed by atoms with van der Waals surface area (Å²) in [6, 6.07) is 10.6. The van der Waals surface area contributed by atoms with E-state index in [0.29, 0.717) is 27.4 Å². The molecule has 0 fully saturated rings. The van der Waals surface area contributed by atoms with Crippen molar-refractivity contribution in [1.82, 2.24) is 0 Å². The van der Waals surface area contributed by atoms with E-state index in [4.69, 9.17) is 16.3 Å². The van der Waals surface area contributed by atoms with E-state index >= 15 is 0 Å². The lowest BCUT2D eigenvalue weighted by Crippen LogP contribution is -2.21. The topological polar surface area (TPSA) is 55.4 Å². The van der Waals surface area contributed by atoms with Crippen molar-refractivity contribution in [2.24, 2.45) is 0 Å². The zero-order valence-electron chi connectivity index (χ0n) is 13.1. The van der Waals surface area contributed by atoms with E-state index < -0.39 is 24.2 Å². The largest absolute Gasteiger partial charge is 0.452 e. The normalized spacial score (nSPS) is 10.6. The van der Waals surface area contributed by atoms with Gasteiger partial charge >= 0.3 is 5.97 Å². The molecule has 132 valence electrons. The molecular formula is C17H14ClF2NO3S. The quantitative estimate of drug-likeness (QED) is 0.575. The Bertz CT molecular complexity index is 769. The smallest absolute Gasteiger partial charge is 0.338 e. The van der Waals surface area contributed by atoms with Crippen LogP contribution in [0, 0.1) is 6.92 Å². The molecule has 0 aliphatic rings. The highest BCUT2D eigenvalue weighted by atomic mass is 35.5. The van der Waals surface area contributed by atoms with Gasteiger partial charge in [-0.2, -0.15) is 8.78 Å². The van der Waals surface area contributed by atoms with Gasteiger partial charge in [-0.15, -0.1) is 0 Å². The molecule has 0 aromatic heterocycles. The van der Waals surface area contributed by atoms with Crippen LogP contribution in [0.3, 0.4) is 0 Å². The Balaban J connectivity index is 1.87. The second-order valence-electron chi connectivity index (χ2n) is 5.01. The predicted octanol–water partition coefficient (Wildman–Crippen LogP) is 4.76. The van der Waals surface area contributed by atoms with Gasteiger partial charge in [-0.1, -0.05) is 29.4 Å². The number of nitrogens with one attached hydrogen (secondary N) is 1. The van der Waals surface area contributed by atoms with Crippen LogP contribution in [0.4, 0.5) is 14.5 Å². The zero-order valence-corrected chi connectivity index (χ0v) is 14.7. The van der Waals surface area contributed by atoms with Crippen molar-refractivity contribution in [2.75, 3.05) is 11.9 Å². The maximum atomic E-state index is 12.2. The Kier molecular flexibility index (Phi) is 6.78. The Morgan fingerprint density at radius 1 is 1.20 bits per heavy atom. The minimum Gasteiger partial charge on any atom is -0.452 e. The number of aryl methyl sites for hydroxylation is 1. The average Bonchev–Trinajstić information content (AvgIpc) is 2.55. The summed E-state index contributed by atoms with van der Waals surface area (Å²) in [6.07, 6.45) is 0. The molecule has 0 saturated carbocycles. The molecule has 0 saturated heterocycles. The number of alkyl halides is 2. The number of rotatable bonds is 6. The van der Waals surface area contributed by atoms with Gasteiger partial charge in [0.05, 0.1) is 16.3 Å². The summed E-state index contributed by atoms with van der Waals surface area (Å²) < 4.78 is 29.4. The van der Waals surface area contributed by atoms with Crippen LogP contribution in [-0.2, 0) is 9.53 Å². The Hall–Kier alpha value is -2.12. The second kappa shape index (κ2) is 8.82. The third-order valence-corrected chi connectivity index (χ3v) is 4.08. The predicted molar refractivity (Wildman–Crippen MR) is 93.4 cm³/mol. The number of thioether (sulfide) groups is 1. The van der Waals surface area contributed by atoms with Crippen molar-refractivity contribution < 1.29 is 23.1 Å². The van der Waals surface area contributed by atoms with Crippen LogP contribution in [0.2, 0.25) is 5.02 Å². The Labute approximate surface area is 152 Å². The first-order valence-electron chi connectivity index (χ1n) is 7.13. The fraction of sp³-hybridized carbons (Fsp3) is 0.176. The molecule has 0 aliphatic heterocycles. The van der Waals surface area contributed by atoms with Crippen LogP contribution in [0.25, 0.3) is 0 Å². The zero-order chi connectivity index (χ0) is 18.4. The van der Waals surface area contributed by atoms with E-state index in [-0.39, 0.29) is 5.56 Å². The maximum absolute atomic E-state index is 12.2. The number of ether oxygens (including phenoxy) is 1. The van der Waals surface area contributed by atoms with Gasteiger partial charge in [-0.3, -0.25) is 4.79 Å². The first kappa shape index (κ1) is 19.2. The molecule has 2 aromatic carbocycles. The number of halogens is 3. The lowest BCUT2D eigenvalue weighted by molar-refractivity contribution is -0.119. The molecule has 1 amide bonds. The summed E-state index contributed by atoms with van der Waals surface area (Å²) in [7, 11) is 0. The van der Waals surface area contributed by atoms with Gasteiger partial charge in [0.25, 0.3) is 11.7 Å². The number of amides is 1. The molecule has 0 spiro atoms. The van der Waals surface area contributed by atoms with Crippen LogP contribution in [0.15, 0.2) is 47.4 Å². The van der Waals surface area contributed by atoms with Crippen LogP contribution >= 0.6 is 23.4 Å². The second-order valence-corrected chi connectivity index (χ2v) is 6.48. The van der Waals surface area contributed by atoms with Crippen LogP contribution in [-0.4, -0.2) is 24.2 Å². The van der Waals surface area contributed by atoms with Gasteiger partial charge in [0.15, 0.2) is 6.61 Å². The maximum Gasteiger partial charge on any atom is 0.338 e. The minimum absolute atomic E-state index is 0.166. The number of carbonyl (C=O) groups excluding carboxylic acids is 2. The van der Waals surface area contributed by atoms with Crippen LogP contribution in [0.5, 0.6) is 0 Å². The molecule has 0 atom stereocenters. The average molecular weight is 386 g/mol. The fourth-order valence-electron chi connectivity index (χ4n) is 1.89. The summed E-state index contributed by atoms with van der Waals surface area (Å²) in [5.74, 6) is -3.79. The first-order valence-corrected chi connectivity index (χ1v) is 8.39. The van der Waals surface area contributed by atoms with Crippen LogP contribution in [0.1, 0.15) is 15.9 Å². The van der Waals surface area contributed by atoms with Crippen molar-refractivity contribution in [2.45, 2.75) is 17.6 Å². The lowest BCUT2D eigenvalue weighted by Gasteiger charge is -2.09. The third-order valence-electron chi connectivity index (χ3n) is 3.05. The molecule has 4 nitrogen and oxygen atoms in total. The van der Waals surface area contributed by atoms with E-state index in [1.54, 1.807) is 18.2 Å². The number of carbonyl (C=O) groups is 2. The van der Waals surface area contributed by atoms with Gasteiger partial charge in [-0.05, 0) is 48.9 Å². The first-order chi connectivity index (χ1) is 11.8. The van der Waals surface area contributed by atoms with E-state index in [2.05, 4.69) is 5.32 Å². The van der Waals surface area contributed by atoms with Crippen molar-refractivity contribution in [3.8, 4) is 0 Å². The number of hydrogen-bond donors (Lipinski definition) is 1. The molecule has 8 heteroatoms. The van der Waals surface area contributed by atoms with Crippen molar-refractivity contribution in [3.63, 3.8) is 0 Å². The van der Waals surface area contributed by atoms with Crippen molar-refractivity contribution >= 4 is 40.9 Å². The summed E-state index contributed by atoms with van der Waals surface area (Å²) in [6.45, 7) is 1.38. The van der Waals surface area contributed by atoms with Gasteiger partial charge < -0.3 is 10.1 Å². The van der Waals surface area contributed by atoms with E-state index in [9.17, 15) is 18.4 Å². The lowest BCUT2D eigenvalue weighted by atomic mass is 10.2. The highest BCUT2D eigenvalue weighted by Gasteiger charge is 2.12. The summed E-state index contributed by atoms with van der Waals surface area (Å²) in [4.78, 5) is 24.0. The van der Waals surface area contributed by atoms with Crippen molar-refractivity contribution in [3.05, 3.63) is 58.6 Å². The molecule has 0 bridgehead atoms. The van der Waals surface area contributed by atoms with Gasteiger partial charge in [-0.25, -0.2) is 4.79 Å². The van der Waals surface area contributed by atoms with Crippen LogP contribution < -0.4 is 5.32 Å². The molecule has 0 heterocycles. The Morgan fingerprint density at radius 3 is 2.48 bits per heavy atom. The number of benzene rings is 2. The third kappa shape index (κ3) is 6.03. The molecule has 25 heavy (non-hydrogen) atoms. The van der Waals surface area contributed by atoms with Gasteiger partial charge in [0.1, 0.15) is 0 Å². The highest BCUT2D eigenvalue weighted by Crippen LogP contribution is 2.25. The highest BCUT2D eigenvalue weighted by molar-refractivity contribution is 7.99. The summed E-state index contributed by atoms with van der Waals surface area (Å²) >= 11 is 6.38. The number of esters is 1. The Morgan fingerprint density at radius 2 is 1.88 bits per heavy atom. The summed E-state index contributed by atoms with van der Waals surface area (Å²) in [5.41, 5.74) is 1.53. The standard InChI is InChI=1S/C17H14ClF2NO3S/c1-10-2-7-14(13(18)8-10)21-15(22)9-24-16(23)11-3-5-12(6-4-11)25-17(19)20/h2-8,17H,9H2,1H3,(H,21,22). The SMILES string of the molecule is Cc1ccc(NC(=O)COC(=O)c2ccc(SC(F)F)cc2)c(Cl)c1. The molecule has 2 aromatic rings. The molecule has 1 N–H and O–H groups in total. The number of hydrogen-bond acceptors (Lipinski definition) is 4. The summed E-state index contributed by atoms with van der Waals surface area (Å²) in [5, 5.41) is 2.92. The van der Waals surface area contributed by atoms with Gasteiger partial charge in [0, 0.05) is 4.90 Å². The monoisotopic (exact) mass is 385 g/mol. The van der Waals surface area contributed by atoms with E-state index in [1.165, 1.54) is 24.3 Å². The molecule has 2 rings (SSSR count). The number of anilines is 1. The van der Waals surface area contributed by atoms with E-state index in [0.717, 1.165) is 5.56 Å². The van der Waals surface area contributed by atoms with E-state index in [1.807, 2.05) is 6.92 Å². The molecule has 0 unspecified atom stereocenters. The molecule has 0 radical (unpaired) electrons. The van der Waals surface area contributed by atoms with Crippen molar-refractivity contribution in [1.29, 1.82) is 0 Å². The fourth-order valence-corrected chi connectivity index (χ4v) is 2.68. The molecular weight excluding hydrogens is 372 g/mol. The van der Waals surface area contributed by atoms with Gasteiger partial charge in [0.2, 0.25) is 0 Å². The minimum atomic E-state index is -2.53.